The molecule has 0 aliphatic rings. The first-order chi connectivity index (χ1) is 9.91. The van der Waals surface area contributed by atoms with E-state index in [0.29, 0.717) is 19.5 Å². The van der Waals surface area contributed by atoms with Crippen LogP contribution in [0.2, 0.25) is 0 Å². The summed E-state index contributed by atoms with van der Waals surface area (Å²) in [7, 11) is 0. The second kappa shape index (κ2) is 7.83. The highest BCUT2D eigenvalue weighted by Gasteiger charge is 2.14. The maximum absolute atomic E-state index is 11.6. The van der Waals surface area contributed by atoms with E-state index >= 15 is 0 Å². The minimum absolute atomic E-state index is 0.00538. The van der Waals surface area contributed by atoms with Crippen molar-refractivity contribution in [2.45, 2.75) is 26.8 Å². The van der Waals surface area contributed by atoms with E-state index in [4.69, 9.17) is 5.11 Å². The number of carboxylic acids is 1. The van der Waals surface area contributed by atoms with Crippen molar-refractivity contribution in [2.24, 2.45) is 0 Å². The van der Waals surface area contributed by atoms with E-state index in [2.05, 4.69) is 15.7 Å². The topological polar surface area (TPSA) is 113 Å². The van der Waals surface area contributed by atoms with Gasteiger partial charge in [0.25, 0.3) is 5.91 Å². The van der Waals surface area contributed by atoms with Crippen LogP contribution in [-0.2, 0) is 16.1 Å². The van der Waals surface area contributed by atoms with Crippen molar-refractivity contribution in [1.29, 1.82) is 0 Å². The van der Waals surface area contributed by atoms with Gasteiger partial charge in [0.2, 0.25) is 0 Å². The van der Waals surface area contributed by atoms with Crippen LogP contribution >= 0.6 is 0 Å². The van der Waals surface area contributed by atoms with Crippen molar-refractivity contribution < 1.29 is 19.5 Å². The highest BCUT2D eigenvalue weighted by atomic mass is 16.4. The summed E-state index contributed by atoms with van der Waals surface area (Å²) in [6, 6.07) is 1.15. The van der Waals surface area contributed by atoms with E-state index in [-0.39, 0.29) is 11.1 Å². The first-order valence-electron chi connectivity index (χ1n) is 6.39. The minimum Gasteiger partial charge on any atom is -0.478 e. The minimum atomic E-state index is -1.19. The Balaban J connectivity index is 2.31. The van der Waals surface area contributed by atoms with Crippen LogP contribution in [0, 0.1) is 0 Å². The smallest absolute Gasteiger partial charge is 0.331 e. The van der Waals surface area contributed by atoms with Gasteiger partial charge < -0.3 is 10.4 Å². The standard InChI is InChI=1S/C13H18N4O4/c1-9(10(2)12(19)20)11(18)16-13(21)14-5-3-7-17-8-4-6-15-17/h4,6,8H,3,5,7H2,1-2H3,(H,19,20)(H2,14,16,18,21)/b10-9+. The van der Waals surface area contributed by atoms with E-state index in [1.54, 1.807) is 16.9 Å². The number of aliphatic carboxylic acids is 1. The highest BCUT2D eigenvalue weighted by Crippen LogP contribution is 2.03. The number of urea groups is 1. The molecule has 0 bridgehead atoms. The molecule has 8 heteroatoms. The third-order valence-electron chi connectivity index (χ3n) is 2.86. The van der Waals surface area contributed by atoms with Crippen LogP contribution < -0.4 is 10.6 Å². The van der Waals surface area contributed by atoms with Crippen LogP contribution in [0.4, 0.5) is 4.79 Å². The number of nitrogens with one attached hydrogen (secondary N) is 2. The van der Waals surface area contributed by atoms with Crippen LogP contribution in [0.15, 0.2) is 29.6 Å². The highest BCUT2D eigenvalue weighted by molar-refractivity contribution is 6.07. The van der Waals surface area contributed by atoms with Gasteiger partial charge in [-0.1, -0.05) is 0 Å². The molecule has 0 aliphatic carbocycles. The zero-order valence-corrected chi connectivity index (χ0v) is 11.9. The molecule has 1 aromatic heterocycles. The molecule has 0 fully saturated rings. The van der Waals surface area contributed by atoms with Crippen LogP contribution in [-0.4, -0.2) is 39.3 Å². The summed E-state index contributed by atoms with van der Waals surface area (Å²) in [6.07, 6.45) is 4.14. The van der Waals surface area contributed by atoms with Crippen molar-refractivity contribution in [3.8, 4) is 0 Å². The molecule has 0 spiro atoms. The third kappa shape index (κ3) is 5.47. The molecule has 0 aromatic carbocycles. The number of aryl methyl sites for hydroxylation is 1. The van der Waals surface area contributed by atoms with Crippen molar-refractivity contribution in [1.82, 2.24) is 20.4 Å². The second-order valence-corrected chi connectivity index (χ2v) is 4.39. The van der Waals surface area contributed by atoms with Crippen LogP contribution in [0.3, 0.4) is 0 Å². The zero-order chi connectivity index (χ0) is 15.8. The summed E-state index contributed by atoms with van der Waals surface area (Å²) in [5, 5.41) is 17.4. The van der Waals surface area contributed by atoms with Gasteiger partial charge in [-0.25, -0.2) is 9.59 Å². The molecule has 0 saturated heterocycles. The lowest BCUT2D eigenvalue weighted by atomic mass is 10.1. The number of aromatic nitrogens is 2. The quantitative estimate of drug-likeness (QED) is 0.523. The number of carbonyl (C=O) groups excluding carboxylic acids is 2. The Morgan fingerprint density at radius 3 is 2.52 bits per heavy atom. The van der Waals surface area contributed by atoms with Crippen molar-refractivity contribution in [3.63, 3.8) is 0 Å². The lowest BCUT2D eigenvalue weighted by molar-refractivity contribution is -0.133. The summed E-state index contributed by atoms with van der Waals surface area (Å²) in [5.74, 6) is -1.92. The zero-order valence-electron chi connectivity index (χ0n) is 11.9. The van der Waals surface area contributed by atoms with E-state index in [1.807, 2.05) is 6.20 Å². The molecule has 0 atom stereocenters. The number of carboxylic acid groups (broad SMARTS) is 1. The second-order valence-electron chi connectivity index (χ2n) is 4.39. The molecular weight excluding hydrogens is 276 g/mol. The molecule has 3 amide bonds. The Hall–Kier alpha value is -2.64. The van der Waals surface area contributed by atoms with Gasteiger partial charge in [0.05, 0.1) is 0 Å². The molecule has 21 heavy (non-hydrogen) atoms. The molecule has 1 heterocycles. The molecule has 0 saturated carbocycles. The summed E-state index contributed by atoms with van der Waals surface area (Å²) in [4.78, 5) is 33.8. The fourth-order valence-electron chi connectivity index (χ4n) is 1.45. The lowest BCUT2D eigenvalue weighted by Crippen LogP contribution is -2.40. The van der Waals surface area contributed by atoms with E-state index in [9.17, 15) is 14.4 Å². The van der Waals surface area contributed by atoms with E-state index < -0.39 is 17.9 Å². The fourth-order valence-corrected chi connectivity index (χ4v) is 1.45. The van der Waals surface area contributed by atoms with E-state index in [0.717, 1.165) is 0 Å². The molecule has 8 nitrogen and oxygen atoms in total. The first-order valence-corrected chi connectivity index (χ1v) is 6.39. The van der Waals surface area contributed by atoms with Crippen LogP contribution in [0.5, 0.6) is 0 Å². The number of nitrogens with zero attached hydrogens (tertiary/aromatic N) is 2. The lowest BCUT2D eigenvalue weighted by Gasteiger charge is -2.08. The summed E-state index contributed by atoms with van der Waals surface area (Å²) < 4.78 is 1.73. The van der Waals surface area contributed by atoms with Gasteiger partial charge in [0.1, 0.15) is 0 Å². The number of hydrogen-bond acceptors (Lipinski definition) is 4. The van der Waals surface area contributed by atoms with Crippen LogP contribution in [0.25, 0.3) is 0 Å². The van der Waals surface area contributed by atoms with Gasteiger partial charge in [0.15, 0.2) is 0 Å². The Bertz CT molecular complexity index is 549. The van der Waals surface area contributed by atoms with Crippen LogP contribution in [0.1, 0.15) is 20.3 Å². The number of carbonyl (C=O) groups is 3. The molecule has 0 unspecified atom stereocenters. The van der Waals surface area contributed by atoms with Gasteiger partial charge in [-0.15, -0.1) is 0 Å². The Kier molecular flexibility index (Phi) is 6.12. The summed E-state index contributed by atoms with van der Waals surface area (Å²) in [6.45, 7) is 3.68. The monoisotopic (exact) mass is 294 g/mol. The SMILES string of the molecule is C/C(C(=O)O)=C(/C)C(=O)NC(=O)NCCCn1cccn1. The van der Waals surface area contributed by atoms with Crippen molar-refractivity contribution in [2.75, 3.05) is 6.54 Å². The Labute approximate surface area is 121 Å². The average molecular weight is 294 g/mol. The maximum atomic E-state index is 11.6. The predicted octanol–water partition coefficient (Wildman–Crippen LogP) is 0.520. The van der Waals surface area contributed by atoms with Gasteiger partial charge in [-0.2, -0.15) is 5.10 Å². The fraction of sp³-hybridized carbons (Fsp3) is 0.385. The number of hydrogen-bond donors (Lipinski definition) is 3. The van der Waals surface area contributed by atoms with Gasteiger partial charge in [-0.3, -0.25) is 14.8 Å². The van der Waals surface area contributed by atoms with Gasteiger partial charge in [0, 0.05) is 36.6 Å². The molecule has 3 N–H and O–H groups in total. The number of amides is 3. The molecule has 0 aliphatic heterocycles. The average Bonchev–Trinajstić information content (AvgIpc) is 2.94. The number of rotatable bonds is 6. The molecule has 0 radical (unpaired) electrons. The van der Waals surface area contributed by atoms with Gasteiger partial charge >= 0.3 is 12.0 Å². The largest absolute Gasteiger partial charge is 0.478 e. The molecular formula is C13H18N4O4. The first kappa shape index (κ1) is 16.4. The molecule has 1 aromatic rings. The normalized spacial score (nSPS) is 11.5. The number of imide groups is 1. The predicted molar refractivity (Wildman–Crippen MR) is 74.4 cm³/mol. The van der Waals surface area contributed by atoms with Gasteiger partial charge in [-0.05, 0) is 26.3 Å². The van der Waals surface area contributed by atoms with Crippen molar-refractivity contribution >= 4 is 17.9 Å². The summed E-state index contributed by atoms with van der Waals surface area (Å²) in [5.41, 5.74) is -0.104. The Morgan fingerprint density at radius 1 is 1.24 bits per heavy atom. The molecule has 114 valence electrons. The third-order valence-corrected chi connectivity index (χ3v) is 2.86. The van der Waals surface area contributed by atoms with Crippen molar-refractivity contribution in [3.05, 3.63) is 29.6 Å². The maximum Gasteiger partial charge on any atom is 0.331 e. The van der Waals surface area contributed by atoms with E-state index in [1.165, 1.54) is 13.8 Å². The Morgan fingerprint density at radius 2 is 1.95 bits per heavy atom. The summed E-state index contributed by atoms with van der Waals surface area (Å²) >= 11 is 0. The molecule has 1 rings (SSSR count).